The van der Waals surface area contributed by atoms with Gasteiger partial charge >= 0.3 is 0 Å². The van der Waals surface area contributed by atoms with Crippen molar-refractivity contribution in [2.45, 2.75) is 13.5 Å². The molecule has 0 aliphatic rings. The topological polar surface area (TPSA) is 90.0 Å². The zero-order valence-corrected chi connectivity index (χ0v) is 16.0. The fourth-order valence-electron chi connectivity index (χ4n) is 3.00. The summed E-state index contributed by atoms with van der Waals surface area (Å²) in [6, 6.07) is 17.8. The maximum Gasteiger partial charge on any atom is 0.274 e. The Kier molecular flexibility index (Phi) is 5.21. The number of aryl methyl sites for hydroxylation is 1. The summed E-state index contributed by atoms with van der Waals surface area (Å²) in [5.74, 6) is -0.814. The molecule has 0 aliphatic heterocycles. The fraction of sp³-hybridized carbons (Fsp3) is 0.0909. The third kappa shape index (κ3) is 3.88. The molecule has 1 amide bonds. The van der Waals surface area contributed by atoms with Crippen LogP contribution in [-0.2, 0) is 11.3 Å². The minimum atomic E-state index is -0.493. The number of carbonyl (C=O) groups is 1. The fourth-order valence-corrected chi connectivity index (χ4v) is 3.00. The molecule has 2 aromatic heterocycles. The highest BCUT2D eigenvalue weighted by atomic mass is 19.1. The summed E-state index contributed by atoms with van der Waals surface area (Å²) in [5, 5.41) is 6.60. The van der Waals surface area contributed by atoms with Gasteiger partial charge in [-0.05, 0) is 36.8 Å². The molecular weight excluding hydrogens is 387 g/mol. The van der Waals surface area contributed by atoms with Crippen molar-refractivity contribution in [1.82, 2.24) is 14.7 Å². The van der Waals surface area contributed by atoms with E-state index in [4.69, 9.17) is 4.52 Å². The monoisotopic (exact) mass is 404 g/mol. The van der Waals surface area contributed by atoms with Crippen LogP contribution in [-0.4, -0.2) is 20.6 Å². The van der Waals surface area contributed by atoms with E-state index in [-0.39, 0.29) is 35.4 Å². The molecule has 0 atom stereocenters. The van der Waals surface area contributed by atoms with Crippen LogP contribution in [0, 0.1) is 12.7 Å². The van der Waals surface area contributed by atoms with E-state index in [1.165, 1.54) is 28.8 Å². The van der Waals surface area contributed by atoms with Crippen molar-refractivity contribution in [3.05, 3.63) is 88.5 Å². The average molecular weight is 404 g/mol. The molecule has 0 aliphatic carbocycles. The summed E-state index contributed by atoms with van der Waals surface area (Å²) >= 11 is 0. The SMILES string of the molecule is Cc1ccccc1NC(=O)Cn1c(-c2nc(-c3ccccc3F)no2)cccc1=O. The van der Waals surface area contributed by atoms with E-state index in [9.17, 15) is 14.0 Å². The first-order valence-electron chi connectivity index (χ1n) is 9.17. The van der Waals surface area contributed by atoms with E-state index in [0.717, 1.165) is 5.56 Å². The highest BCUT2D eigenvalue weighted by molar-refractivity contribution is 5.91. The summed E-state index contributed by atoms with van der Waals surface area (Å²) < 4.78 is 20.5. The number of pyridine rings is 1. The predicted molar refractivity (Wildman–Crippen MR) is 109 cm³/mol. The Balaban J connectivity index is 1.64. The summed E-state index contributed by atoms with van der Waals surface area (Å²) in [6.07, 6.45) is 0. The number of nitrogens with one attached hydrogen (secondary N) is 1. The van der Waals surface area contributed by atoms with Crippen LogP contribution >= 0.6 is 0 Å². The van der Waals surface area contributed by atoms with Crippen LogP contribution in [0.2, 0.25) is 0 Å². The number of nitrogens with zero attached hydrogens (tertiary/aromatic N) is 3. The van der Waals surface area contributed by atoms with Crippen molar-refractivity contribution >= 4 is 11.6 Å². The van der Waals surface area contributed by atoms with Gasteiger partial charge in [0.05, 0.1) is 5.56 Å². The second kappa shape index (κ2) is 8.12. The lowest BCUT2D eigenvalue weighted by Crippen LogP contribution is -2.28. The molecule has 0 fully saturated rings. The van der Waals surface area contributed by atoms with Crippen LogP contribution in [0.3, 0.4) is 0 Å². The number of benzene rings is 2. The molecule has 7 nitrogen and oxygen atoms in total. The predicted octanol–water partition coefficient (Wildman–Crippen LogP) is 3.65. The van der Waals surface area contributed by atoms with Crippen LogP contribution in [0.4, 0.5) is 10.1 Å². The largest absolute Gasteiger partial charge is 0.332 e. The Bertz CT molecular complexity index is 1280. The van der Waals surface area contributed by atoms with Crippen molar-refractivity contribution in [2.24, 2.45) is 0 Å². The van der Waals surface area contributed by atoms with Gasteiger partial charge in [0, 0.05) is 11.8 Å². The Morgan fingerprint density at radius 1 is 1.07 bits per heavy atom. The molecule has 0 saturated carbocycles. The molecule has 0 spiro atoms. The number of carbonyl (C=O) groups excluding carboxylic acids is 1. The Labute approximate surface area is 170 Å². The van der Waals surface area contributed by atoms with Crippen molar-refractivity contribution in [2.75, 3.05) is 5.32 Å². The number of amides is 1. The summed E-state index contributed by atoms with van der Waals surface area (Å²) in [5.41, 5.74) is 1.59. The van der Waals surface area contributed by atoms with E-state index in [0.29, 0.717) is 5.69 Å². The van der Waals surface area contributed by atoms with E-state index in [1.54, 1.807) is 24.3 Å². The zero-order valence-electron chi connectivity index (χ0n) is 16.0. The lowest BCUT2D eigenvalue weighted by Gasteiger charge is -2.11. The number of halogens is 1. The molecule has 150 valence electrons. The Morgan fingerprint density at radius 3 is 2.63 bits per heavy atom. The number of hydrogen-bond donors (Lipinski definition) is 1. The third-order valence-corrected chi connectivity index (χ3v) is 4.53. The molecule has 4 rings (SSSR count). The number of para-hydroxylation sites is 1. The molecule has 4 aromatic rings. The van der Waals surface area contributed by atoms with Crippen molar-refractivity contribution in [3.63, 3.8) is 0 Å². The molecular formula is C22H17FN4O3. The Hall–Kier alpha value is -4.07. The van der Waals surface area contributed by atoms with Crippen LogP contribution in [0.25, 0.3) is 23.0 Å². The summed E-state index contributed by atoms with van der Waals surface area (Å²) in [4.78, 5) is 29.2. The van der Waals surface area contributed by atoms with Gasteiger partial charge in [-0.25, -0.2) is 4.39 Å². The first kappa shape index (κ1) is 19.3. The molecule has 0 saturated heterocycles. The average Bonchev–Trinajstić information content (AvgIpc) is 3.21. The number of rotatable bonds is 5. The van der Waals surface area contributed by atoms with Gasteiger partial charge in [0.2, 0.25) is 11.7 Å². The third-order valence-electron chi connectivity index (χ3n) is 4.53. The van der Waals surface area contributed by atoms with Gasteiger partial charge in [-0.1, -0.05) is 41.6 Å². The van der Waals surface area contributed by atoms with Gasteiger partial charge in [0.25, 0.3) is 11.4 Å². The quantitative estimate of drug-likeness (QED) is 0.548. The highest BCUT2D eigenvalue weighted by Gasteiger charge is 2.18. The molecule has 30 heavy (non-hydrogen) atoms. The second-order valence-corrected chi connectivity index (χ2v) is 6.60. The number of hydrogen-bond acceptors (Lipinski definition) is 5. The second-order valence-electron chi connectivity index (χ2n) is 6.60. The molecule has 8 heteroatoms. The van der Waals surface area contributed by atoms with E-state index in [1.807, 2.05) is 25.1 Å². The first-order chi connectivity index (χ1) is 14.5. The van der Waals surface area contributed by atoms with E-state index >= 15 is 0 Å². The first-order valence-corrected chi connectivity index (χ1v) is 9.17. The summed E-state index contributed by atoms with van der Waals surface area (Å²) in [7, 11) is 0. The lowest BCUT2D eigenvalue weighted by molar-refractivity contribution is -0.116. The number of anilines is 1. The smallest absolute Gasteiger partial charge is 0.274 e. The van der Waals surface area contributed by atoms with E-state index in [2.05, 4.69) is 15.5 Å². The molecule has 2 aromatic carbocycles. The van der Waals surface area contributed by atoms with Gasteiger partial charge in [-0.3, -0.25) is 14.2 Å². The van der Waals surface area contributed by atoms with Crippen LogP contribution in [0.15, 0.2) is 76.0 Å². The van der Waals surface area contributed by atoms with Crippen molar-refractivity contribution in [1.29, 1.82) is 0 Å². The molecule has 0 unspecified atom stereocenters. The van der Waals surface area contributed by atoms with Gasteiger partial charge in [-0.15, -0.1) is 0 Å². The van der Waals surface area contributed by atoms with Gasteiger partial charge in [0.15, 0.2) is 0 Å². The molecule has 0 radical (unpaired) electrons. The van der Waals surface area contributed by atoms with Gasteiger partial charge in [0.1, 0.15) is 18.1 Å². The summed E-state index contributed by atoms with van der Waals surface area (Å²) in [6.45, 7) is 1.62. The Morgan fingerprint density at radius 2 is 1.83 bits per heavy atom. The van der Waals surface area contributed by atoms with Crippen LogP contribution in [0.5, 0.6) is 0 Å². The van der Waals surface area contributed by atoms with Crippen LogP contribution < -0.4 is 10.9 Å². The lowest BCUT2D eigenvalue weighted by atomic mass is 10.2. The van der Waals surface area contributed by atoms with Crippen LogP contribution in [0.1, 0.15) is 5.56 Å². The molecule has 2 heterocycles. The zero-order chi connectivity index (χ0) is 21.1. The molecule has 0 bridgehead atoms. The molecule has 1 N–H and O–H groups in total. The minimum absolute atomic E-state index is 0.00893. The van der Waals surface area contributed by atoms with Crippen molar-refractivity contribution in [3.8, 4) is 23.0 Å². The standard InChI is InChI=1S/C22H17FN4O3/c1-14-7-2-5-10-17(14)24-19(28)13-27-18(11-6-12-20(27)29)22-25-21(26-30-22)15-8-3-4-9-16(15)23/h2-12H,13H2,1H3,(H,24,28). The van der Waals surface area contributed by atoms with E-state index < -0.39 is 11.4 Å². The highest BCUT2D eigenvalue weighted by Crippen LogP contribution is 2.23. The van der Waals surface area contributed by atoms with Gasteiger partial charge in [-0.2, -0.15) is 4.98 Å². The maximum atomic E-state index is 14.0. The maximum absolute atomic E-state index is 14.0. The van der Waals surface area contributed by atoms with Gasteiger partial charge < -0.3 is 9.84 Å². The number of aromatic nitrogens is 3. The van der Waals surface area contributed by atoms with Crippen molar-refractivity contribution < 1.29 is 13.7 Å². The normalized spacial score (nSPS) is 10.7. The minimum Gasteiger partial charge on any atom is -0.332 e.